The van der Waals surface area contributed by atoms with E-state index in [-0.39, 0.29) is 6.54 Å². The number of halogens is 6. The van der Waals surface area contributed by atoms with Crippen molar-refractivity contribution in [2.45, 2.75) is 18.4 Å². The number of hydrogen-bond donors (Lipinski definition) is 2. The Morgan fingerprint density at radius 1 is 1.19 bits per heavy atom. The van der Waals surface area contributed by atoms with Gasteiger partial charge in [-0.3, -0.25) is 0 Å². The van der Waals surface area contributed by atoms with Crippen LogP contribution in [0.5, 0.6) is 0 Å². The molecule has 94 valence electrons. The maximum absolute atomic E-state index is 11.9. The summed E-state index contributed by atoms with van der Waals surface area (Å²) in [7, 11) is 0. The minimum Gasteiger partial charge on any atom is -0.335 e. The first-order valence-electron chi connectivity index (χ1n) is 3.87. The van der Waals surface area contributed by atoms with Gasteiger partial charge in [0.2, 0.25) is 6.04 Å². The summed E-state index contributed by atoms with van der Waals surface area (Å²) in [5, 5.41) is 2.52. The van der Waals surface area contributed by atoms with Crippen LogP contribution in [-0.4, -0.2) is 31.0 Å². The molecule has 9 heteroatoms. The van der Waals surface area contributed by atoms with Gasteiger partial charge in [0.1, 0.15) is 0 Å². The Balaban J connectivity index is 4.58. The van der Waals surface area contributed by atoms with Crippen LogP contribution in [0, 0.1) is 0 Å². The van der Waals surface area contributed by atoms with Gasteiger partial charge in [0.25, 0.3) is 0 Å². The first kappa shape index (κ1) is 14.6. The third-order valence-corrected chi connectivity index (χ3v) is 1.34. The summed E-state index contributed by atoms with van der Waals surface area (Å²) in [5.41, 5.74) is 0. The molecular weight excluding hydrogens is 242 g/mol. The monoisotopic (exact) mass is 250 g/mol. The predicted octanol–water partition coefficient (Wildman–Crippen LogP) is 1.96. The van der Waals surface area contributed by atoms with Crippen molar-refractivity contribution >= 4 is 6.03 Å². The average Bonchev–Trinajstić information content (AvgIpc) is 2.07. The van der Waals surface area contributed by atoms with Gasteiger partial charge in [-0.1, -0.05) is 6.08 Å². The molecule has 0 fully saturated rings. The van der Waals surface area contributed by atoms with E-state index in [2.05, 4.69) is 6.58 Å². The van der Waals surface area contributed by atoms with Crippen LogP contribution in [0.2, 0.25) is 0 Å². The fourth-order valence-electron chi connectivity index (χ4n) is 0.696. The lowest BCUT2D eigenvalue weighted by Gasteiger charge is -2.23. The van der Waals surface area contributed by atoms with E-state index in [1.807, 2.05) is 0 Å². The maximum Gasteiger partial charge on any atom is 0.417 e. The van der Waals surface area contributed by atoms with E-state index in [1.165, 1.54) is 0 Å². The number of carbonyl (C=O) groups is 1. The van der Waals surface area contributed by atoms with Gasteiger partial charge < -0.3 is 10.6 Å². The Hall–Kier alpha value is -1.41. The normalized spacial score (nSPS) is 12.4. The Kier molecular flexibility index (Phi) is 4.63. The van der Waals surface area contributed by atoms with E-state index in [9.17, 15) is 31.1 Å². The molecule has 2 N–H and O–H groups in total. The lowest BCUT2D eigenvalue weighted by Crippen LogP contribution is -2.56. The highest BCUT2D eigenvalue weighted by Gasteiger charge is 2.57. The molecule has 0 atom stereocenters. The molecular formula is C7H8F6N2O. The van der Waals surface area contributed by atoms with Crippen molar-refractivity contribution in [2.75, 3.05) is 6.54 Å². The van der Waals surface area contributed by atoms with Crippen LogP contribution in [0.1, 0.15) is 0 Å². The quantitative estimate of drug-likeness (QED) is 0.583. The van der Waals surface area contributed by atoms with Gasteiger partial charge in [-0.15, -0.1) is 6.58 Å². The molecule has 0 saturated heterocycles. The number of urea groups is 1. The van der Waals surface area contributed by atoms with Crippen molar-refractivity contribution < 1.29 is 31.1 Å². The second kappa shape index (κ2) is 5.08. The Labute approximate surface area is 86.5 Å². The standard InChI is InChI=1S/C7H8F6N2O/c1-2-3-14-5(16)15-4(6(8,9)10)7(11,12)13/h2,4H,1,3H2,(H2,14,15,16). The molecule has 0 bridgehead atoms. The Morgan fingerprint density at radius 3 is 1.94 bits per heavy atom. The zero-order valence-corrected chi connectivity index (χ0v) is 7.74. The summed E-state index contributed by atoms with van der Waals surface area (Å²) in [6.45, 7) is 2.88. The second-order valence-corrected chi connectivity index (χ2v) is 2.66. The number of alkyl halides is 6. The smallest absolute Gasteiger partial charge is 0.335 e. The van der Waals surface area contributed by atoms with Crippen LogP contribution >= 0.6 is 0 Å². The molecule has 16 heavy (non-hydrogen) atoms. The lowest BCUT2D eigenvalue weighted by molar-refractivity contribution is -0.255. The number of rotatable bonds is 3. The SMILES string of the molecule is C=CCNC(=O)NC(C(F)(F)F)C(F)(F)F. The number of amides is 2. The van der Waals surface area contributed by atoms with Gasteiger partial charge >= 0.3 is 18.4 Å². The second-order valence-electron chi connectivity index (χ2n) is 2.66. The Bertz CT molecular complexity index is 245. The van der Waals surface area contributed by atoms with Crippen molar-refractivity contribution in [3.8, 4) is 0 Å². The number of hydrogen-bond acceptors (Lipinski definition) is 1. The molecule has 2 amide bonds. The summed E-state index contributed by atoms with van der Waals surface area (Å²) >= 11 is 0. The van der Waals surface area contributed by atoms with Crippen molar-refractivity contribution in [3.05, 3.63) is 12.7 Å². The average molecular weight is 250 g/mol. The first-order chi connectivity index (χ1) is 7.09. The molecule has 0 aromatic rings. The molecule has 0 aliphatic heterocycles. The van der Waals surface area contributed by atoms with E-state index < -0.39 is 24.4 Å². The molecule has 0 aromatic carbocycles. The van der Waals surface area contributed by atoms with Crippen LogP contribution in [0.4, 0.5) is 31.1 Å². The molecule has 0 aliphatic rings. The van der Waals surface area contributed by atoms with Gasteiger partial charge in [0.05, 0.1) is 0 Å². The zero-order valence-electron chi connectivity index (χ0n) is 7.74. The van der Waals surface area contributed by atoms with Gasteiger partial charge in [-0.25, -0.2) is 4.79 Å². The molecule has 0 aromatic heterocycles. The fourth-order valence-corrected chi connectivity index (χ4v) is 0.696. The fraction of sp³-hybridized carbons (Fsp3) is 0.571. The number of carbonyl (C=O) groups excluding carboxylic acids is 1. The van der Waals surface area contributed by atoms with E-state index >= 15 is 0 Å². The molecule has 0 saturated carbocycles. The Morgan fingerprint density at radius 2 is 1.62 bits per heavy atom. The van der Waals surface area contributed by atoms with Crippen LogP contribution in [-0.2, 0) is 0 Å². The molecule has 0 radical (unpaired) electrons. The highest BCUT2D eigenvalue weighted by atomic mass is 19.4. The largest absolute Gasteiger partial charge is 0.417 e. The van der Waals surface area contributed by atoms with E-state index in [1.54, 1.807) is 5.32 Å². The summed E-state index contributed by atoms with van der Waals surface area (Å²) in [6.07, 6.45) is -10.1. The van der Waals surface area contributed by atoms with Crippen LogP contribution in [0.25, 0.3) is 0 Å². The summed E-state index contributed by atoms with van der Waals surface area (Å²) in [4.78, 5) is 10.6. The van der Waals surface area contributed by atoms with Crippen molar-refractivity contribution in [1.82, 2.24) is 10.6 Å². The number of nitrogens with one attached hydrogen (secondary N) is 2. The maximum atomic E-state index is 11.9. The summed E-state index contributed by atoms with van der Waals surface area (Å²) in [6, 6.07) is -5.45. The zero-order chi connectivity index (χ0) is 13.0. The third-order valence-electron chi connectivity index (χ3n) is 1.34. The van der Waals surface area contributed by atoms with Crippen molar-refractivity contribution in [1.29, 1.82) is 0 Å². The first-order valence-corrected chi connectivity index (χ1v) is 3.87. The van der Waals surface area contributed by atoms with E-state index in [0.29, 0.717) is 0 Å². The molecule has 0 spiro atoms. The van der Waals surface area contributed by atoms with Gasteiger partial charge in [-0.2, -0.15) is 26.3 Å². The highest BCUT2D eigenvalue weighted by molar-refractivity contribution is 5.74. The molecule has 0 unspecified atom stereocenters. The van der Waals surface area contributed by atoms with Gasteiger partial charge in [0.15, 0.2) is 0 Å². The molecule has 0 aliphatic carbocycles. The van der Waals surface area contributed by atoms with Gasteiger partial charge in [-0.05, 0) is 0 Å². The van der Waals surface area contributed by atoms with Crippen LogP contribution in [0.15, 0.2) is 12.7 Å². The summed E-state index contributed by atoms with van der Waals surface area (Å²) in [5.74, 6) is 0. The van der Waals surface area contributed by atoms with Crippen molar-refractivity contribution in [3.63, 3.8) is 0 Å². The molecule has 3 nitrogen and oxygen atoms in total. The minimum absolute atomic E-state index is 0.242. The molecule has 0 heterocycles. The predicted molar refractivity (Wildman–Crippen MR) is 42.6 cm³/mol. The van der Waals surface area contributed by atoms with E-state index in [4.69, 9.17) is 0 Å². The summed E-state index contributed by atoms with van der Waals surface area (Å²) < 4.78 is 71.5. The highest BCUT2D eigenvalue weighted by Crippen LogP contribution is 2.32. The van der Waals surface area contributed by atoms with E-state index in [0.717, 1.165) is 11.4 Å². The van der Waals surface area contributed by atoms with Gasteiger partial charge in [0, 0.05) is 6.54 Å². The van der Waals surface area contributed by atoms with Crippen LogP contribution < -0.4 is 10.6 Å². The van der Waals surface area contributed by atoms with Crippen LogP contribution in [0.3, 0.4) is 0 Å². The van der Waals surface area contributed by atoms with Crippen molar-refractivity contribution in [2.24, 2.45) is 0 Å². The molecule has 0 rings (SSSR count). The topological polar surface area (TPSA) is 41.1 Å². The third kappa shape index (κ3) is 4.89. The minimum atomic E-state index is -5.59. The lowest BCUT2D eigenvalue weighted by atomic mass is 10.3.